The summed E-state index contributed by atoms with van der Waals surface area (Å²) in [6.07, 6.45) is -5.42. The van der Waals surface area contributed by atoms with Crippen molar-refractivity contribution < 1.29 is 32.0 Å². The highest BCUT2D eigenvalue weighted by molar-refractivity contribution is 5.91. The fourth-order valence-electron chi connectivity index (χ4n) is 1.55. The molecule has 1 amide bonds. The minimum Gasteiger partial charge on any atom is -0.463 e. The van der Waals surface area contributed by atoms with Crippen LogP contribution in [-0.2, 0) is 14.3 Å². The summed E-state index contributed by atoms with van der Waals surface area (Å²) in [6, 6.07) is 1.15. The molecule has 1 atom stereocenters. The predicted octanol–water partition coefficient (Wildman–Crippen LogP) is 1.74. The van der Waals surface area contributed by atoms with Crippen LogP contribution in [0.2, 0.25) is 0 Å². The summed E-state index contributed by atoms with van der Waals surface area (Å²) in [4.78, 5) is 23.4. The third-order valence-electron chi connectivity index (χ3n) is 2.60. The highest BCUT2D eigenvalue weighted by atomic mass is 19.4. The predicted molar refractivity (Wildman–Crippen MR) is 68.7 cm³/mol. The van der Waals surface area contributed by atoms with Crippen LogP contribution in [0.5, 0.6) is 0 Å². The van der Waals surface area contributed by atoms with Crippen molar-refractivity contribution in [2.24, 2.45) is 0 Å². The Hall–Kier alpha value is -2.26. The Balaban J connectivity index is 3.29. The number of anilines is 1. The van der Waals surface area contributed by atoms with E-state index in [-0.39, 0.29) is 24.6 Å². The Labute approximate surface area is 124 Å². The van der Waals surface area contributed by atoms with E-state index in [4.69, 9.17) is 0 Å². The monoisotopic (exact) mass is 323 g/mol. The molecule has 1 aromatic heterocycles. The van der Waals surface area contributed by atoms with Crippen molar-refractivity contribution in [1.82, 2.24) is 10.5 Å². The summed E-state index contributed by atoms with van der Waals surface area (Å²) < 4.78 is 49.6. The molecule has 10 heteroatoms. The van der Waals surface area contributed by atoms with Gasteiger partial charge in [-0.15, -0.1) is 0 Å². The Morgan fingerprint density at radius 3 is 2.41 bits per heavy atom. The molecule has 0 fully saturated rings. The van der Waals surface area contributed by atoms with Gasteiger partial charge in [-0.05, 0) is 13.8 Å². The second-order valence-corrected chi connectivity index (χ2v) is 4.32. The third-order valence-corrected chi connectivity index (χ3v) is 2.60. The topological polar surface area (TPSA) is 93.5 Å². The molecular weight excluding hydrogens is 307 g/mol. The van der Waals surface area contributed by atoms with Crippen molar-refractivity contribution in [2.45, 2.75) is 39.0 Å². The first kappa shape index (κ1) is 17.8. The van der Waals surface area contributed by atoms with Gasteiger partial charge < -0.3 is 19.9 Å². The average molecular weight is 323 g/mol. The number of carbonyl (C=O) groups excluding carboxylic acids is 2. The number of nitrogens with one attached hydrogen (secondary N) is 2. The van der Waals surface area contributed by atoms with Gasteiger partial charge in [-0.1, -0.05) is 12.1 Å². The van der Waals surface area contributed by atoms with Gasteiger partial charge in [-0.2, -0.15) is 13.2 Å². The Morgan fingerprint density at radius 2 is 2.00 bits per heavy atom. The van der Waals surface area contributed by atoms with Gasteiger partial charge >= 0.3 is 17.8 Å². The highest BCUT2D eigenvalue weighted by Crippen LogP contribution is 2.33. The molecule has 0 saturated carbocycles. The fraction of sp³-hybridized carbons (Fsp3) is 0.583. The summed E-state index contributed by atoms with van der Waals surface area (Å²) in [6.45, 7) is 3.86. The van der Waals surface area contributed by atoms with Crippen LogP contribution in [0.3, 0.4) is 0 Å². The van der Waals surface area contributed by atoms with E-state index in [1.807, 2.05) is 5.32 Å². The third kappa shape index (κ3) is 3.68. The summed E-state index contributed by atoms with van der Waals surface area (Å²) >= 11 is 0. The number of carbonyl (C=O) groups is 2. The number of nitrogens with zero attached hydrogens (tertiary/aromatic N) is 1. The van der Waals surface area contributed by atoms with E-state index in [2.05, 4.69) is 14.4 Å². The lowest BCUT2D eigenvalue weighted by Crippen LogP contribution is -2.69. The van der Waals surface area contributed by atoms with Gasteiger partial charge in [0.25, 0.3) is 0 Å². The normalized spacial score (nSPS) is 14.1. The molecule has 1 aromatic rings. The molecule has 0 aliphatic heterocycles. The molecule has 2 N–H and O–H groups in total. The number of esters is 1. The smallest absolute Gasteiger partial charge is 0.441 e. The van der Waals surface area contributed by atoms with E-state index in [1.165, 1.54) is 20.8 Å². The summed E-state index contributed by atoms with van der Waals surface area (Å²) in [5.41, 5.74) is -3.45. The van der Waals surface area contributed by atoms with Crippen molar-refractivity contribution in [2.75, 3.05) is 11.9 Å². The van der Waals surface area contributed by atoms with Crippen molar-refractivity contribution >= 4 is 17.7 Å². The SMILES string of the molecule is CCOC(=O)[C@@](NC(=O)CC)(Nc1cc(C)on1)C(F)(F)F. The Bertz CT molecular complexity index is 544. The molecule has 0 aliphatic carbocycles. The van der Waals surface area contributed by atoms with Crippen LogP contribution in [0.15, 0.2) is 10.6 Å². The minimum absolute atomic E-state index is 0.226. The lowest BCUT2D eigenvalue weighted by atomic mass is 10.1. The molecule has 0 aromatic carbocycles. The number of aromatic nitrogens is 1. The molecule has 124 valence electrons. The zero-order chi connectivity index (χ0) is 17.0. The lowest BCUT2D eigenvalue weighted by Gasteiger charge is -2.34. The van der Waals surface area contributed by atoms with Crippen molar-refractivity contribution in [3.05, 3.63) is 11.8 Å². The van der Waals surface area contributed by atoms with E-state index < -0.39 is 23.7 Å². The van der Waals surface area contributed by atoms with Gasteiger partial charge in [0.1, 0.15) is 5.76 Å². The van der Waals surface area contributed by atoms with E-state index >= 15 is 0 Å². The number of aryl methyl sites for hydroxylation is 1. The van der Waals surface area contributed by atoms with Gasteiger partial charge in [0.05, 0.1) is 6.61 Å². The van der Waals surface area contributed by atoms with E-state index in [1.54, 1.807) is 5.32 Å². The maximum atomic E-state index is 13.5. The first-order chi connectivity index (χ1) is 10.2. The van der Waals surface area contributed by atoms with Crippen LogP contribution in [-0.4, -0.2) is 35.5 Å². The second-order valence-electron chi connectivity index (χ2n) is 4.32. The van der Waals surface area contributed by atoms with Gasteiger partial charge in [0.2, 0.25) is 5.91 Å². The molecule has 0 saturated heterocycles. The lowest BCUT2D eigenvalue weighted by molar-refractivity contribution is -0.208. The fourth-order valence-corrected chi connectivity index (χ4v) is 1.55. The largest absolute Gasteiger partial charge is 0.463 e. The van der Waals surface area contributed by atoms with Crippen LogP contribution >= 0.6 is 0 Å². The zero-order valence-electron chi connectivity index (χ0n) is 12.2. The highest BCUT2D eigenvalue weighted by Gasteiger charge is 2.63. The molecule has 1 rings (SSSR count). The van der Waals surface area contributed by atoms with E-state index in [0.717, 1.165) is 6.07 Å². The van der Waals surface area contributed by atoms with Gasteiger partial charge in [-0.25, -0.2) is 4.79 Å². The Morgan fingerprint density at radius 1 is 1.36 bits per heavy atom. The molecular formula is C12H16F3N3O4. The standard InChI is InChI=1S/C12H16F3N3O4/c1-4-9(19)17-11(12(13,14)15,10(20)21-5-2)16-8-6-7(3)22-18-8/h6H,4-5H2,1-3H3,(H,16,18)(H,17,19)/t11-/m0/s1. The number of rotatable bonds is 6. The van der Waals surface area contributed by atoms with Crippen LogP contribution in [0, 0.1) is 6.92 Å². The van der Waals surface area contributed by atoms with E-state index in [0.29, 0.717) is 0 Å². The first-order valence-corrected chi connectivity index (χ1v) is 6.42. The van der Waals surface area contributed by atoms with Crippen LogP contribution in [0.25, 0.3) is 0 Å². The van der Waals surface area contributed by atoms with Gasteiger partial charge in [0, 0.05) is 12.5 Å². The quantitative estimate of drug-likeness (QED) is 0.612. The number of hydrogen-bond donors (Lipinski definition) is 2. The number of amides is 1. The Kier molecular flexibility index (Phi) is 5.39. The van der Waals surface area contributed by atoms with Gasteiger partial charge in [0.15, 0.2) is 5.82 Å². The van der Waals surface area contributed by atoms with Crippen molar-refractivity contribution in [1.29, 1.82) is 0 Å². The molecule has 22 heavy (non-hydrogen) atoms. The van der Waals surface area contributed by atoms with Crippen LogP contribution in [0.4, 0.5) is 19.0 Å². The number of ether oxygens (including phenoxy) is 1. The molecule has 0 spiro atoms. The van der Waals surface area contributed by atoms with E-state index in [9.17, 15) is 22.8 Å². The number of halogens is 3. The summed E-state index contributed by atoms with van der Waals surface area (Å²) in [5, 5.41) is 6.84. The minimum atomic E-state index is -5.17. The maximum Gasteiger partial charge on any atom is 0.441 e. The molecule has 0 unspecified atom stereocenters. The van der Waals surface area contributed by atoms with Crippen LogP contribution in [0.1, 0.15) is 26.0 Å². The van der Waals surface area contributed by atoms with Crippen molar-refractivity contribution in [3.8, 4) is 0 Å². The van der Waals surface area contributed by atoms with Crippen molar-refractivity contribution in [3.63, 3.8) is 0 Å². The summed E-state index contributed by atoms with van der Waals surface area (Å²) in [5.74, 6) is -2.81. The first-order valence-electron chi connectivity index (χ1n) is 6.42. The number of hydrogen-bond acceptors (Lipinski definition) is 6. The molecule has 7 nitrogen and oxygen atoms in total. The molecule has 1 heterocycles. The molecule has 0 bridgehead atoms. The zero-order valence-corrected chi connectivity index (χ0v) is 12.2. The van der Waals surface area contributed by atoms with Gasteiger partial charge in [-0.3, -0.25) is 4.79 Å². The molecule has 0 radical (unpaired) electrons. The number of alkyl halides is 3. The molecule has 0 aliphatic rings. The maximum absolute atomic E-state index is 13.5. The second kappa shape index (κ2) is 6.67. The average Bonchev–Trinajstić information content (AvgIpc) is 2.81. The summed E-state index contributed by atoms with van der Waals surface area (Å²) in [7, 11) is 0. The van der Waals surface area contributed by atoms with Crippen LogP contribution < -0.4 is 10.6 Å².